The van der Waals surface area contributed by atoms with Crippen LogP contribution in [0.25, 0.3) is 0 Å². The van der Waals surface area contributed by atoms with Crippen LogP contribution in [0.2, 0.25) is 0 Å². The minimum absolute atomic E-state index is 0.0538. The first-order valence-corrected chi connectivity index (χ1v) is 4.73. The Balaban J connectivity index is 2.10. The van der Waals surface area contributed by atoms with Gasteiger partial charge in [-0.1, -0.05) is 5.16 Å². The van der Waals surface area contributed by atoms with Gasteiger partial charge in [-0.05, 0) is 12.8 Å². The number of aromatic nitrogens is 2. The molecule has 1 aromatic rings. The van der Waals surface area contributed by atoms with E-state index in [9.17, 15) is 4.79 Å². The van der Waals surface area contributed by atoms with Gasteiger partial charge in [-0.3, -0.25) is 4.79 Å². The van der Waals surface area contributed by atoms with Gasteiger partial charge in [-0.15, -0.1) is 0 Å². The van der Waals surface area contributed by atoms with Gasteiger partial charge in [-0.2, -0.15) is 0 Å². The lowest BCUT2D eigenvalue weighted by atomic mass is 10.1. The van der Waals surface area contributed by atoms with Gasteiger partial charge in [0.05, 0.1) is 18.1 Å². The van der Waals surface area contributed by atoms with Crippen molar-refractivity contribution in [3.05, 3.63) is 18.7 Å². The Morgan fingerprint density at radius 2 is 2.12 bits per heavy atom. The van der Waals surface area contributed by atoms with Crippen LogP contribution in [0.3, 0.4) is 0 Å². The van der Waals surface area contributed by atoms with E-state index < -0.39 is 5.41 Å². The van der Waals surface area contributed by atoms with Crippen molar-refractivity contribution in [1.29, 1.82) is 0 Å². The van der Waals surface area contributed by atoms with Crippen molar-refractivity contribution < 1.29 is 10.0 Å². The molecule has 0 saturated heterocycles. The van der Waals surface area contributed by atoms with E-state index in [0.717, 1.165) is 0 Å². The second kappa shape index (κ2) is 3.76. The highest BCUT2D eigenvalue weighted by Crippen LogP contribution is 2.46. The number of carbonyl (C=O) groups excluding carboxylic acids is 1. The summed E-state index contributed by atoms with van der Waals surface area (Å²) in [4.78, 5) is 19.4. The van der Waals surface area contributed by atoms with Gasteiger partial charge >= 0.3 is 0 Å². The molecule has 0 spiro atoms. The van der Waals surface area contributed by atoms with Crippen LogP contribution in [-0.4, -0.2) is 26.9 Å². The molecule has 16 heavy (non-hydrogen) atoms. The summed E-state index contributed by atoms with van der Waals surface area (Å²) in [7, 11) is 0. The molecule has 0 radical (unpaired) electrons. The van der Waals surface area contributed by atoms with Crippen LogP contribution >= 0.6 is 0 Å². The van der Waals surface area contributed by atoms with Crippen LogP contribution in [0.1, 0.15) is 12.8 Å². The summed E-state index contributed by atoms with van der Waals surface area (Å²) in [6.07, 6.45) is 5.50. The molecule has 0 aliphatic heterocycles. The van der Waals surface area contributed by atoms with Gasteiger partial charge < -0.3 is 16.3 Å². The Labute approximate surface area is 91.4 Å². The molecule has 1 aliphatic carbocycles. The minimum Gasteiger partial charge on any atom is -0.409 e. The summed E-state index contributed by atoms with van der Waals surface area (Å²) >= 11 is 0. The number of oxime groups is 1. The zero-order chi connectivity index (χ0) is 11.6. The maximum absolute atomic E-state index is 11.9. The maximum atomic E-state index is 11.9. The van der Waals surface area contributed by atoms with Crippen LogP contribution in [0.15, 0.2) is 23.9 Å². The van der Waals surface area contributed by atoms with Crippen LogP contribution < -0.4 is 11.1 Å². The number of carbonyl (C=O) groups is 1. The molecule has 1 aromatic heterocycles. The number of hydrogen-bond acceptors (Lipinski definition) is 5. The molecule has 1 saturated carbocycles. The normalized spacial score (nSPS) is 17.9. The van der Waals surface area contributed by atoms with Gasteiger partial charge in [0.2, 0.25) is 5.91 Å². The molecule has 7 nitrogen and oxygen atoms in total. The topological polar surface area (TPSA) is 113 Å². The molecule has 0 aromatic carbocycles. The SMILES string of the molecule is NC(=NO)C1(C(=O)Nc2cncnc2)CC1. The molecule has 4 N–H and O–H groups in total. The monoisotopic (exact) mass is 221 g/mol. The van der Waals surface area contributed by atoms with Crippen molar-refractivity contribution in [2.45, 2.75) is 12.8 Å². The summed E-state index contributed by atoms with van der Waals surface area (Å²) in [5.74, 6) is -0.348. The van der Waals surface area contributed by atoms with E-state index in [1.54, 1.807) is 0 Å². The molecule has 0 atom stereocenters. The maximum Gasteiger partial charge on any atom is 0.238 e. The number of anilines is 1. The van der Waals surface area contributed by atoms with E-state index in [1.165, 1.54) is 18.7 Å². The molecule has 2 rings (SSSR count). The van der Waals surface area contributed by atoms with Gasteiger partial charge in [0, 0.05) is 0 Å². The van der Waals surface area contributed by atoms with Crippen LogP contribution in [-0.2, 0) is 4.79 Å². The fourth-order valence-electron chi connectivity index (χ4n) is 1.43. The van der Waals surface area contributed by atoms with Crippen LogP contribution in [0.5, 0.6) is 0 Å². The van der Waals surface area contributed by atoms with Crippen LogP contribution in [0, 0.1) is 5.41 Å². The number of amidine groups is 1. The largest absolute Gasteiger partial charge is 0.409 e. The predicted octanol–water partition coefficient (Wildman–Crippen LogP) is -0.0583. The molecule has 84 valence electrons. The molecule has 1 fully saturated rings. The third-order valence-electron chi connectivity index (χ3n) is 2.60. The average molecular weight is 221 g/mol. The highest BCUT2D eigenvalue weighted by Gasteiger charge is 2.54. The van der Waals surface area contributed by atoms with Crippen LogP contribution in [0.4, 0.5) is 5.69 Å². The lowest BCUT2D eigenvalue weighted by Gasteiger charge is -2.12. The number of nitrogens with one attached hydrogen (secondary N) is 1. The second-order valence-electron chi connectivity index (χ2n) is 3.65. The van der Waals surface area contributed by atoms with Crippen molar-refractivity contribution in [3.63, 3.8) is 0 Å². The molecule has 0 unspecified atom stereocenters. The summed E-state index contributed by atoms with van der Waals surface area (Å²) in [5, 5.41) is 14.1. The summed E-state index contributed by atoms with van der Waals surface area (Å²) in [6, 6.07) is 0. The Morgan fingerprint density at radius 3 is 2.62 bits per heavy atom. The fourth-order valence-corrected chi connectivity index (χ4v) is 1.43. The quantitative estimate of drug-likeness (QED) is 0.286. The van der Waals surface area contributed by atoms with Crippen molar-refractivity contribution in [2.24, 2.45) is 16.3 Å². The van der Waals surface area contributed by atoms with E-state index in [1.807, 2.05) is 0 Å². The Hall–Kier alpha value is -2.18. The first-order valence-electron chi connectivity index (χ1n) is 4.73. The van der Waals surface area contributed by atoms with Gasteiger partial charge in [0.15, 0.2) is 5.84 Å². The molecule has 1 heterocycles. The highest BCUT2D eigenvalue weighted by atomic mass is 16.4. The third kappa shape index (κ3) is 1.67. The molecular weight excluding hydrogens is 210 g/mol. The fraction of sp³-hybridized carbons (Fsp3) is 0.333. The first-order chi connectivity index (χ1) is 7.69. The zero-order valence-electron chi connectivity index (χ0n) is 8.42. The minimum atomic E-state index is -0.857. The first kappa shape index (κ1) is 10.3. The molecule has 1 amide bonds. The molecule has 1 aliphatic rings. The standard InChI is InChI=1S/C9H11N5O2/c10-7(14-16)9(1-2-9)8(15)13-6-3-11-5-12-4-6/h3-5,16H,1-2H2,(H2,10,14)(H,13,15). The lowest BCUT2D eigenvalue weighted by Crippen LogP contribution is -2.36. The third-order valence-corrected chi connectivity index (χ3v) is 2.60. The average Bonchev–Trinajstić information content (AvgIpc) is 3.10. The van der Waals surface area contributed by atoms with E-state index >= 15 is 0 Å². The highest BCUT2D eigenvalue weighted by molar-refractivity contribution is 6.14. The van der Waals surface area contributed by atoms with Crippen molar-refractivity contribution in [2.75, 3.05) is 5.32 Å². The zero-order valence-corrected chi connectivity index (χ0v) is 8.42. The van der Waals surface area contributed by atoms with E-state index in [4.69, 9.17) is 10.9 Å². The number of rotatable bonds is 3. The summed E-state index contributed by atoms with van der Waals surface area (Å²) in [6.45, 7) is 0. The van der Waals surface area contributed by atoms with Crippen molar-refractivity contribution >= 4 is 17.4 Å². The predicted molar refractivity (Wildman–Crippen MR) is 55.7 cm³/mol. The lowest BCUT2D eigenvalue weighted by molar-refractivity contribution is -0.119. The Bertz CT molecular complexity index is 427. The number of nitrogens with two attached hydrogens (primary N) is 1. The van der Waals surface area contributed by atoms with E-state index in [0.29, 0.717) is 18.5 Å². The summed E-state index contributed by atoms with van der Waals surface area (Å²) in [5.41, 5.74) is 5.11. The Kier molecular flexibility index (Phi) is 2.43. The molecule has 0 bridgehead atoms. The smallest absolute Gasteiger partial charge is 0.238 e. The van der Waals surface area contributed by atoms with Gasteiger partial charge in [0.25, 0.3) is 0 Å². The van der Waals surface area contributed by atoms with Crippen molar-refractivity contribution in [1.82, 2.24) is 9.97 Å². The number of nitrogens with zero attached hydrogens (tertiary/aromatic N) is 3. The second-order valence-corrected chi connectivity index (χ2v) is 3.65. The molecular formula is C9H11N5O2. The molecule has 7 heteroatoms. The van der Waals surface area contributed by atoms with E-state index in [-0.39, 0.29) is 11.7 Å². The van der Waals surface area contributed by atoms with Gasteiger partial charge in [0.1, 0.15) is 11.7 Å². The van der Waals surface area contributed by atoms with E-state index in [2.05, 4.69) is 20.4 Å². The summed E-state index contributed by atoms with van der Waals surface area (Å²) < 4.78 is 0. The number of amides is 1. The van der Waals surface area contributed by atoms with Crippen molar-refractivity contribution in [3.8, 4) is 0 Å². The Morgan fingerprint density at radius 1 is 1.50 bits per heavy atom. The van der Waals surface area contributed by atoms with Gasteiger partial charge in [-0.25, -0.2) is 9.97 Å². The number of hydrogen-bond donors (Lipinski definition) is 3.